The molecule has 2 heterocycles. The van der Waals surface area contributed by atoms with Gasteiger partial charge in [0.15, 0.2) is 0 Å². The molecule has 3 aromatic rings. The van der Waals surface area contributed by atoms with Gasteiger partial charge in [0, 0.05) is 35.3 Å². The number of aromatic nitrogens is 2. The number of nitrogens with zero attached hydrogens (tertiary/aromatic N) is 2. The smallest absolute Gasteiger partial charge is 0.259 e. The molecule has 0 unspecified atom stereocenters. The van der Waals surface area contributed by atoms with E-state index in [1.54, 1.807) is 42.6 Å². The number of thiophene rings is 1. The fraction of sp³-hybridized carbons (Fsp3) is 0.333. The molecule has 170 valence electrons. The lowest BCUT2D eigenvalue weighted by atomic mass is 10.2. The van der Waals surface area contributed by atoms with Gasteiger partial charge in [-0.15, -0.1) is 17.8 Å². The van der Waals surface area contributed by atoms with E-state index in [0.29, 0.717) is 35.0 Å². The summed E-state index contributed by atoms with van der Waals surface area (Å²) in [5.74, 6) is 3.83. The molecule has 0 saturated carbocycles. The Morgan fingerprint density at radius 3 is 3.03 bits per heavy atom. The van der Waals surface area contributed by atoms with Crippen LogP contribution >= 0.6 is 23.1 Å². The highest BCUT2D eigenvalue weighted by Crippen LogP contribution is 2.34. The molecule has 0 aliphatic heterocycles. The first-order valence-electron chi connectivity index (χ1n) is 10.7. The highest BCUT2D eigenvalue weighted by atomic mass is 32.2. The van der Waals surface area contributed by atoms with E-state index in [1.807, 2.05) is 0 Å². The van der Waals surface area contributed by atoms with Crippen molar-refractivity contribution in [1.29, 1.82) is 0 Å². The van der Waals surface area contributed by atoms with Gasteiger partial charge in [-0.25, -0.2) is 4.98 Å². The van der Waals surface area contributed by atoms with Crippen molar-refractivity contribution in [3.05, 3.63) is 56.4 Å². The SMILES string of the molecule is C#Cc1cccc(NC(=O)CN(C)C(=O)CCSCc2nc3sc4c(c3c(=O)[nH]2)CCC4)c1. The molecule has 7 nitrogen and oxygen atoms in total. The third-order valence-electron chi connectivity index (χ3n) is 5.44. The van der Waals surface area contributed by atoms with Crippen LogP contribution < -0.4 is 10.9 Å². The minimum Gasteiger partial charge on any atom is -0.336 e. The fourth-order valence-electron chi connectivity index (χ4n) is 3.83. The summed E-state index contributed by atoms with van der Waals surface area (Å²) in [5, 5.41) is 3.50. The number of amides is 2. The van der Waals surface area contributed by atoms with Gasteiger partial charge in [0.05, 0.1) is 17.7 Å². The first-order chi connectivity index (χ1) is 15.9. The Hall–Kier alpha value is -3.09. The Labute approximate surface area is 200 Å². The minimum atomic E-state index is -0.286. The molecule has 2 aromatic heterocycles. The van der Waals surface area contributed by atoms with Gasteiger partial charge in [-0.3, -0.25) is 14.4 Å². The van der Waals surface area contributed by atoms with Crippen molar-refractivity contribution in [3.63, 3.8) is 0 Å². The monoisotopic (exact) mass is 480 g/mol. The number of H-pyrrole nitrogens is 1. The van der Waals surface area contributed by atoms with Gasteiger partial charge in [0.1, 0.15) is 10.7 Å². The van der Waals surface area contributed by atoms with Gasteiger partial charge in [-0.2, -0.15) is 11.8 Å². The Morgan fingerprint density at radius 2 is 2.21 bits per heavy atom. The quantitative estimate of drug-likeness (QED) is 0.381. The van der Waals surface area contributed by atoms with E-state index in [-0.39, 0.29) is 23.9 Å². The van der Waals surface area contributed by atoms with Crippen molar-refractivity contribution in [2.45, 2.75) is 31.4 Å². The van der Waals surface area contributed by atoms with Crippen LogP contribution in [0.5, 0.6) is 0 Å². The second-order valence-corrected chi connectivity index (χ2v) is 10.1. The second kappa shape index (κ2) is 10.2. The number of aromatic amines is 1. The lowest BCUT2D eigenvalue weighted by Gasteiger charge is -2.16. The average Bonchev–Trinajstić information content (AvgIpc) is 3.37. The molecule has 1 aliphatic rings. The zero-order chi connectivity index (χ0) is 23.4. The number of carbonyl (C=O) groups is 2. The topological polar surface area (TPSA) is 95.2 Å². The molecular formula is C24H24N4O3S2. The zero-order valence-corrected chi connectivity index (χ0v) is 19.9. The largest absolute Gasteiger partial charge is 0.336 e. The molecule has 4 rings (SSSR count). The first-order valence-corrected chi connectivity index (χ1v) is 12.6. The van der Waals surface area contributed by atoms with Gasteiger partial charge in [0.25, 0.3) is 5.56 Å². The van der Waals surface area contributed by atoms with Gasteiger partial charge in [0.2, 0.25) is 11.8 Å². The number of terminal acetylenes is 1. The van der Waals surface area contributed by atoms with Crippen molar-refractivity contribution in [2.75, 3.05) is 24.7 Å². The number of hydrogen-bond acceptors (Lipinski definition) is 6. The van der Waals surface area contributed by atoms with E-state index < -0.39 is 0 Å². The van der Waals surface area contributed by atoms with Crippen molar-refractivity contribution in [2.24, 2.45) is 0 Å². The maximum absolute atomic E-state index is 12.5. The maximum atomic E-state index is 12.5. The van der Waals surface area contributed by atoms with Crippen molar-refractivity contribution >= 4 is 50.8 Å². The van der Waals surface area contributed by atoms with E-state index >= 15 is 0 Å². The number of hydrogen-bond donors (Lipinski definition) is 2. The first kappa shape index (κ1) is 23.1. The van der Waals surface area contributed by atoms with Gasteiger partial charge in [-0.1, -0.05) is 12.0 Å². The molecule has 0 spiro atoms. The fourth-order valence-corrected chi connectivity index (χ4v) is 5.90. The van der Waals surface area contributed by atoms with Crippen LogP contribution in [0.15, 0.2) is 29.1 Å². The van der Waals surface area contributed by atoms with Gasteiger partial charge in [-0.05, 0) is 43.0 Å². The van der Waals surface area contributed by atoms with Crippen LogP contribution in [0.4, 0.5) is 5.69 Å². The molecule has 0 atom stereocenters. The summed E-state index contributed by atoms with van der Waals surface area (Å²) >= 11 is 3.15. The molecule has 2 N–H and O–H groups in total. The minimum absolute atomic E-state index is 0.0433. The van der Waals surface area contributed by atoms with E-state index in [1.165, 1.54) is 27.1 Å². The van der Waals surface area contributed by atoms with Crippen LogP contribution in [0.1, 0.15) is 34.7 Å². The lowest BCUT2D eigenvalue weighted by molar-refractivity contribution is -0.132. The third-order valence-corrected chi connectivity index (χ3v) is 7.60. The van der Waals surface area contributed by atoms with Gasteiger partial charge >= 0.3 is 0 Å². The number of likely N-dealkylation sites (N-methyl/N-ethyl adjacent to an activating group) is 1. The summed E-state index contributed by atoms with van der Waals surface area (Å²) in [7, 11) is 1.60. The predicted octanol–water partition coefficient (Wildman–Crippen LogP) is 3.18. The van der Waals surface area contributed by atoms with Crippen LogP contribution in [-0.4, -0.2) is 46.0 Å². The standard InChI is InChI=1S/C24H24N4O3S2/c1-3-15-6-4-7-16(12-15)25-20(29)13-28(2)21(30)10-11-32-14-19-26-23(31)22-17-8-5-9-18(17)33-24(22)27-19/h1,4,6-7,12H,5,8-11,13-14H2,2H3,(H,25,29)(H,26,27,31). The third kappa shape index (κ3) is 5.46. The summed E-state index contributed by atoms with van der Waals surface area (Å²) in [5.41, 5.74) is 2.38. The Morgan fingerprint density at radius 1 is 1.36 bits per heavy atom. The number of fused-ring (bicyclic) bond motifs is 3. The zero-order valence-electron chi connectivity index (χ0n) is 18.3. The van der Waals surface area contributed by atoms with Crippen LogP contribution in [-0.2, 0) is 28.2 Å². The summed E-state index contributed by atoms with van der Waals surface area (Å²) in [6.45, 7) is -0.0433. The molecule has 0 radical (unpaired) electrons. The number of carbonyl (C=O) groups excluding carboxylic acids is 2. The van der Waals surface area contributed by atoms with Crippen LogP contribution in [0.2, 0.25) is 0 Å². The molecule has 0 fully saturated rings. The van der Waals surface area contributed by atoms with E-state index in [9.17, 15) is 14.4 Å². The predicted molar refractivity (Wildman–Crippen MR) is 134 cm³/mol. The summed E-state index contributed by atoms with van der Waals surface area (Å²) < 4.78 is 0. The van der Waals surface area contributed by atoms with Crippen molar-refractivity contribution in [1.82, 2.24) is 14.9 Å². The summed E-state index contributed by atoms with van der Waals surface area (Å²) in [4.78, 5) is 48.1. The number of benzene rings is 1. The molecule has 2 amide bonds. The van der Waals surface area contributed by atoms with Gasteiger partial charge < -0.3 is 15.2 Å². The van der Waals surface area contributed by atoms with Crippen LogP contribution in [0.25, 0.3) is 10.2 Å². The molecular weight excluding hydrogens is 456 g/mol. The van der Waals surface area contributed by atoms with Crippen LogP contribution in [0.3, 0.4) is 0 Å². The Kier molecular flexibility index (Phi) is 7.16. The van der Waals surface area contributed by atoms with Crippen molar-refractivity contribution < 1.29 is 9.59 Å². The molecule has 0 bridgehead atoms. The highest BCUT2D eigenvalue weighted by Gasteiger charge is 2.21. The van der Waals surface area contributed by atoms with E-state index in [0.717, 1.165) is 29.5 Å². The molecule has 9 heteroatoms. The highest BCUT2D eigenvalue weighted by molar-refractivity contribution is 7.98. The number of thioether (sulfide) groups is 1. The molecule has 0 saturated heterocycles. The molecule has 33 heavy (non-hydrogen) atoms. The average molecular weight is 481 g/mol. The summed E-state index contributed by atoms with van der Waals surface area (Å²) in [6, 6.07) is 6.99. The van der Waals surface area contributed by atoms with Crippen molar-refractivity contribution in [3.8, 4) is 12.3 Å². The number of rotatable bonds is 8. The number of nitrogens with one attached hydrogen (secondary N) is 2. The van der Waals surface area contributed by atoms with E-state index in [4.69, 9.17) is 6.42 Å². The number of anilines is 1. The maximum Gasteiger partial charge on any atom is 0.259 e. The van der Waals surface area contributed by atoms with Crippen LogP contribution in [0, 0.1) is 12.3 Å². The van der Waals surface area contributed by atoms with E-state index in [2.05, 4.69) is 21.2 Å². The molecule has 1 aromatic carbocycles. The second-order valence-electron chi connectivity index (χ2n) is 7.88. The molecule has 1 aliphatic carbocycles. The normalized spacial score (nSPS) is 12.4. The Balaban J connectivity index is 1.23. The lowest BCUT2D eigenvalue weighted by Crippen LogP contribution is -2.35. The summed E-state index contributed by atoms with van der Waals surface area (Å²) in [6.07, 6.45) is 8.76. The Bertz CT molecular complexity index is 1310. The number of aryl methyl sites for hydroxylation is 2.